The molecule has 0 fully saturated rings. The number of amides is 1. The van der Waals surface area contributed by atoms with Gasteiger partial charge in [-0.05, 0) is 0 Å². The first kappa shape index (κ1) is 32.9. The number of carbonyl (C=O) groups excluding carboxylic acids is 2. The van der Waals surface area contributed by atoms with Gasteiger partial charge >= 0.3 is 0 Å². The van der Waals surface area contributed by atoms with E-state index in [-0.39, 0.29) is 23.5 Å². The standard InChI is InChI=1S/C24H47NO9/c1-21(2)23(26)5-7-28-9-11-30-13-15-32-17-19-34-20-18-33-16-14-31-12-10-29-8-6-25-24(27)22(3)4/h21-22H,5-20H2,1-4H3,(H,25,27). The Balaban J connectivity index is 3.10. The number of Topliss-reactive ketones (excluding diaryl/α,β-unsaturated/α-hetero) is 1. The molecule has 0 aliphatic rings. The average molecular weight is 494 g/mol. The summed E-state index contributed by atoms with van der Waals surface area (Å²) >= 11 is 0. The van der Waals surface area contributed by atoms with Gasteiger partial charge in [-0.15, -0.1) is 0 Å². The minimum atomic E-state index is -0.0101. The maximum absolute atomic E-state index is 11.4. The first-order valence-electron chi connectivity index (χ1n) is 12.3. The van der Waals surface area contributed by atoms with Gasteiger partial charge in [-0.1, -0.05) is 27.7 Å². The minimum absolute atomic E-state index is 0.0101. The van der Waals surface area contributed by atoms with Crippen molar-refractivity contribution in [2.24, 2.45) is 11.8 Å². The van der Waals surface area contributed by atoms with Crippen LogP contribution in [0.3, 0.4) is 0 Å². The molecular formula is C24H47NO9. The lowest BCUT2D eigenvalue weighted by Gasteiger charge is -2.09. The molecule has 0 radical (unpaired) electrons. The number of hydrogen-bond donors (Lipinski definition) is 1. The molecule has 34 heavy (non-hydrogen) atoms. The molecule has 10 heteroatoms. The normalized spacial score (nSPS) is 11.5. The van der Waals surface area contributed by atoms with E-state index in [0.29, 0.717) is 105 Å². The lowest BCUT2D eigenvalue weighted by atomic mass is 10.1. The quantitative estimate of drug-likeness (QED) is 0.179. The van der Waals surface area contributed by atoms with E-state index in [1.54, 1.807) is 0 Å². The highest BCUT2D eigenvalue weighted by molar-refractivity contribution is 5.80. The zero-order chi connectivity index (χ0) is 25.3. The highest BCUT2D eigenvalue weighted by Crippen LogP contribution is 1.98. The van der Waals surface area contributed by atoms with Crippen molar-refractivity contribution >= 4 is 11.7 Å². The summed E-state index contributed by atoms with van der Waals surface area (Å²) in [6.45, 7) is 14.9. The molecule has 0 unspecified atom stereocenters. The van der Waals surface area contributed by atoms with Crippen molar-refractivity contribution in [2.75, 3.05) is 99.0 Å². The Morgan fingerprint density at radius 1 is 0.500 bits per heavy atom. The number of ketones is 1. The van der Waals surface area contributed by atoms with Crippen molar-refractivity contribution < 1.29 is 42.7 Å². The van der Waals surface area contributed by atoms with Gasteiger partial charge in [0.15, 0.2) is 0 Å². The van der Waals surface area contributed by atoms with E-state index in [2.05, 4.69) is 5.32 Å². The van der Waals surface area contributed by atoms with Gasteiger partial charge < -0.3 is 38.5 Å². The number of rotatable bonds is 26. The maximum Gasteiger partial charge on any atom is 0.222 e. The zero-order valence-electron chi connectivity index (χ0n) is 21.6. The molecule has 1 N–H and O–H groups in total. The predicted octanol–water partition coefficient (Wildman–Crippen LogP) is 1.49. The second kappa shape index (κ2) is 25.0. The van der Waals surface area contributed by atoms with Gasteiger partial charge in [0.1, 0.15) is 5.78 Å². The molecule has 202 valence electrons. The van der Waals surface area contributed by atoms with Gasteiger partial charge in [-0.25, -0.2) is 0 Å². The third-order valence-electron chi connectivity index (χ3n) is 4.44. The van der Waals surface area contributed by atoms with Crippen LogP contribution in [-0.4, -0.2) is 111 Å². The molecule has 0 saturated carbocycles. The Bertz CT molecular complexity index is 433. The SMILES string of the molecule is CC(C)C(=O)CCOCCOCCOCCOCCOCCOCCOCCNC(=O)C(C)C. The average Bonchev–Trinajstić information content (AvgIpc) is 2.81. The second-order valence-electron chi connectivity index (χ2n) is 8.10. The molecule has 0 aromatic rings. The summed E-state index contributed by atoms with van der Waals surface area (Å²) < 4.78 is 37.8. The summed E-state index contributed by atoms with van der Waals surface area (Å²) in [5.41, 5.74) is 0. The van der Waals surface area contributed by atoms with Gasteiger partial charge in [0.25, 0.3) is 0 Å². The fraction of sp³-hybridized carbons (Fsp3) is 0.917. The van der Waals surface area contributed by atoms with Gasteiger partial charge in [0, 0.05) is 24.8 Å². The van der Waals surface area contributed by atoms with Crippen LogP contribution < -0.4 is 5.32 Å². The van der Waals surface area contributed by atoms with E-state index < -0.39 is 0 Å². The third kappa shape index (κ3) is 24.0. The molecule has 0 aromatic carbocycles. The summed E-state index contributed by atoms with van der Waals surface area (Å²) in [5.74, 6) is 0.304. The molecule has 0 spiro atoms. The molecule has 1 amide bonds. The Hall–Kier alpha value is -1.14. The predicted molar refractivity (Wildman–Crippen MR) is 128 cm³/mol. The van der Waals surface area contributed by atoms with Crippen molar-refractivity contribution in [3.63, 3.8) is 0 Å². The topological polar surface area (TPSA) is 111 Å². The Morgan fingerprint density at radius 2 is 0.824 bits per heavy atom. The molecule has 0 bridgehead atoms. The number of ether oxygens (including phenoxy) is 7. The van der Waals surface area contributed by atoms with Crippen LogP contribution in [0.2, 0.25) is 0 Å². The molecule has 0 aliphatic carbocycles. The van der Waals surface area contributed by atoms with Crippen LogP contribution in [0.4, 0.5) is 0 Å². The zero-order valence-corrected chi connectivity index (χ0v) is 21.6. The van der Waals surface area contributed by atoms with Crippen LogP contribution in [0.1, 0.15) is 34.1 Å². The monoisotopic (exact) mass is 493 g/mol. The van der Waals surface area contributed by atoms with E-state index >= 15 is 0 Å². The van der Waals surface area contributed by atoms with Crippen LogP contribution in [-0.2, 0) is 42.7 Å². The van der Waals surface area contributed by atoms with Gasteiger partial charge in [0.2, 0.25) is 5.91 Å². The maximum atomic E-state index is 11.4. The molecule has 0 heterocycles. The molecule has 0 saturated heterocycles. The number of hydrogen-bond acceptors (Lipinski definition) is 9. The van der Waals surface area contributed by atoms with Gasteiger partial charge in [-0.3, -0.25) is 9.59 Å². The lowest BCUT2D eigenvalue weighted by molar-refractivity contribution is -0.124. The molecule has 0 aliphatic heterocycles. The van der Waals surface area contributed by atoms with Crippen LogP contribution >= 0.6 is 0 Å². The molecule has 0 aromatic heterocycles. The van der Waals surface area contributed by atoms with Crippen molar-refractivity contribution in [1.82, 2.24) is 5.32 Å². The summed E-state index contributed by atoms with van der Waals surface area (Å²) in [6.07, 6.45) is 0.456. The van der Waals surface area contributed by atoms with Crippen molar-refractivity contribution in [3.05, 3.63) is 0 Å². The Kier molecular flexibility index (Phi) is 24.1. The third-order valence-corrected chi connectivity index (χ3v) is 4.44. The second-order valence-corrected chi connectivity index (χ2v) is 8.10. The fourth-order valence-corrected chi connectivity index (χ4v) is 2.33. The highest BCUT2D eigenvalue weighted by Gasteiger charge is 2.06. The van der Waals surface area contributed by atoms with Crippen molar-refractivity contribution in [1.29, 1.82) is 0 Å². The van der Waals surface area contributed by atoms with Crippen LogP contribution in [0.15, 0.2) is 0 Å². The van der Waals surface area contributed by atoms with Crippen LogP contribution in [0.5, 0.6) is 0 Å². The van der Waals surface area contributed by atoms with Crippen molar-refractivity contribution in [3.8, 4) is 0 Å². The minimum Gasteiger partial charge on any atom is -0.379 e. The van der Waals surface area contributed by atoms with Crippen LogP contribution in [0.25, 0.3) is 0 Å². The largest absolute Gasteiger partial charge is 0.379 e. The number of nitrogens with one attached hydrogen (secondary N) is 1. The highest BCUT2D eigenvalue weighted by atomic mass is 16.6. The molecule has 10 nitrogen and oxygen atoms in total. The van der Waals surface area contributed by atoms with Gasteiger partial charge in [0.05, 0.1) is 92.5 Å². The first-order chi connectivity index (χ1) is 16.4. The van der Waals surface area contributed by atoms with Crippen molar-refractivity contribution in [2.45, 2.75) is 34.1 Å². The Morgan fingerprint density at radius 3 is 1.15 bits per heavy atom. The van der Waals surface area contributed by atoms with E-state index in [4.69, 9.17) is 33.2 Å². The van der Waals surface area contributed by atoms with E-state index in [1.165, 1.54) is 0 Å². The lowest BCUT2D eigenvalue weighted by Crippen LogP contribution is -2.31. The summed E-state index contributed by atoms with van der Waals surface area (Å²) in [4.78, 5) is 22.8. The summed E-state index contributed by atoms with van der Waals surface area (Å²) in [7, 11) is 0. The molecule has 0 rings (SSSR count). The van der Waals surface area contributed by atoms with Crippen LogP contribution in [0, 0.1) is 11.8 Å². The fourth-order valence-electron chi connectivity index (χ4n) is 2.33. The smallest absolute Gasteiger partial charge is 0.222 e. The summed E-state index contributed by atoms with van der Waals surface area (Å²) in [5, 5.41) is 2.79. The Labute approximate surface area is 205 Å². The van der Waals surface area contributed by atoms with E-state index in [9.17, 15) is 9.59 Å². The first-order valence-corrected chi connectivity index (χ1v) is 12.3. The number of carbonyl (C=O) groups is 2. The summed E-state index contributed by atoms with van der Waals surface area (Å²) in [6, 6.07) is 0. The van der Waals surface area contributed by atoms with E-state index in [0.717, 1.165) is 0 Å². The van der Waals surface area contributed by atoms with E-state index in [1.807, 2.05) is 27.7 Å². The van der Waals surface area contributed by atoms with Gasteiger partial charge in [-0.2, -0.15) is 0 Å². The molecular weight excluding hydrogens is 446 g/mol. The molecule has 0 atom stereocenters.